The fourth-order valence-corrected chi connectivity index (χ4v) is 2.88. The second-order valence-electron chi connectivity index (χ2n) is 6.09. The lowest BCUT2D eigenvalue weighted by molar-refractivity contribution is 0.363. The molecule has 0 saturated carbocycles. The van der Waals surface area contributed by atoms with E-state index >= 15 is 0 Å². The zero-order valence-corrected chi connectivity index (χ0v) is 14.2. The van der Waals surface area contributed by atoms with Crippen molar-refractivity contribution >= 4 is 5.76 Å². The van der Waals surface area contributed by atoms with Gasteiger partial charge in [-0.3, -0.25) is 0 Å². The normalized spacial score (nSPS) is 14.1. The first-order valence-corrected chi connectivity index (χ1v) is 8.74. The van der Waals surface area contributed by atoms with Gasteiger partial charge in [-0.25, -0.2) is 0 Å². The monoisotopic (exact) mass is 316 g/mol. The van der Waals surface area contributed by atoms with Gasteiger partial charge in [0.05, 0.1) is 0 Å². The number of allylic oxidation sites excluding steroid dienone is 5. The van der Waals surface area contributed by atoms with E-state index in [2.05, 4.69) is 79.7 Å². The van der Waals surface area contributed by atoms with Crippen molar-refractivity contribution in [1.29, 1.82) is 0 Å². The Balaban J connectivity index is 1.79. The summed E-state index contributed by atoms with van der Waals surface area (Å²) in [6, 6.07) is 20.9. The molecule has 0 fully saturated rings. The minimum absolute atomic E-state index is 0.912. The number of ether oxygens (including phenoxy) is 1. The van der Waals surface area contributed by atoms with Crippen LogP contribution in [0.5, 0.6) is 0 Å². The molecule has 122 valence electrons. The highest BCUT2D eigenvalue weighted by Gasteiger charge is 2.10. The third-order valence-corrected chi connectivity index (χ3v) is 4.14. The largest absolute Gasteiger partial charge is 0.461 e. The molecule has 2 aromatic carbocycles. The smallest absolute Gasteiger partial charge is 0.134 e. The molecular formula is C23H24O. The van der Waals surface area contributed by atoms with Crippen molar-refractivity contribution < 1.29 is 4.74 Å². The van der Waals surface area contributed by atoms with Crippen LogP contribution in [0.25, 0.3) is 5.76 Å². The van der Waals surface area contributed by atoms with Gasteiger partial charge in [-0.2, -0.15) is 0 Å². The minimum Gasteiger partial charge on any atom is -0.461 e. The SMILES string of the molecule is CCCC1=CC=C(c2ccccc2)OC(CCc2ccccc2)=C1. The fourth-order valence-electron chi connectivity index (χ4n) is 2.88. The van der Waals surface area contributed by atoms with Crippen molar-refractivity contribution in [2.24, 2.45) is 0 Å². The summed E-state index contributed by atoms with van der Waals surface area (Å²) in [5.74, 6) is 1.98. The maximum absolute atomic E-state index is 6.27. The Morgan fingerprint density at radius 2 is 1.46 bits per heavy atom. The summed E-state index contributed by atoms with van der Waals surface area (Å²) < 4.78 is 6.27. The van der Waals surface area contributed by atoms with Gasteiger partial charge in [0.25, 0.3) is 0 Å². The zero-order valence-electron chi connectivity index (χ0n) is 14.2. The first kappa shape index (κ1) is 16.3. The lowest BCUT2D eigenvalue weighted by Gasteiger charge is -2.13. The summed E-state index contributed by atoms with van der Waals surface area (Å²) in [6.45, 7) is 2.21. The third kappa shape index (κ3) is 4.48. The van der Waals surface area contributed by atoms with Crippen LogP contribution >= 0.6 is 0 Å². The number of aryl methyl sites for hydroxylation is 1. The highest BCUT2D eigenvalue weighted by molar-refractivity contribution is 5.63. The second kappa shape index (κ2) is 8.35. The third-order valence-electron chi connectivity index (χ3n) is 4.14. The predicted octanol–water partition coefficient (Wildman–Crippen LogP) is 6.30. The van der Waals surface area contributed by atoms with Gasteiger partial charge in [0, 0.05) is 12.0 Å². The van der Waals surface area contributed by atoms with E-state index in [0.29, 0.717) is 0 Å². The maximum atomic E-state index is 6.27. The number of benzene rings is 2. The summed E-state index contributed by atoms with van der Waals surface area (Å²) in [5.41, 5.74) is 3.81. The van der Waals surface area contributed by atoms with Gasteiger partial charge < -0.3 is 4.74 Å². The molecule has 0 N–H and O–H groups in total. The van der Waals surface area contributed by atoms with Gasteiger partial charge in [-0.05, 0) is 36.1 Å². The maximum Gasteiger partial charge on any atom is 0.134 e. The van der Waals surface area contributed by atoms with Crippen LogP contribution in [0.2, 0.25) is 0 Å². The van der Waals surface area contributed by atoms with Gasteiger partial charge in [0.2, 0.25) is 0 Å². The molecule has 0 aromatic heterocycles. The highest BCUT2D eigenvalue weighted by atomic mass is 16.5. The van der Waals surface area contributed by atoms with Crippen molar-refractivity contribution in [1.82, 2.24) is 0 Å². The number of hydrogen-bond donors (Lipinski definition) is 0. The average molecular weight is 316 g/mol. The van der Waals surface area contributed by atoms with E-state index < -0.39 is 0 Å². The Hall–Kier alpha value is -2.54. The van der Waals surface area contributed by atoms with Crippen LogP contribution in [0.3, 0.4) is 0 Å². The van der Waals surface area contributed by atoms with E-state index in [1.54, 1.807) is 0 Å². The molecule has 1 heteroatoms. The summed E-state index contributed by atoms with van der Waals surface area (Å²) in [7, 11) is 0. The van der Waals surface area contributed by atoms with Gasteiger partial charge in [-0.15, -0.1) is 0 Å². The van der Waals surface area contributed by atoms with Gasteiger partial charge in [-0.1, -0.05) is 80.1 Å². The molecule has 24 heavy (non-hydrogen) atoms. The van der Waals surface area contributed by atoms with Crippen LogP contribution in [-0.2, 0) is 11.2 Å². The molecule has 1 aliphatic rings. The molecule has 0 spiro atoms. The van der Waals surface area contributed by atoms with Gasteiger partial charge in [0.15, 0.2) is 0 Å². The molecule has 3 rings (SSSR count). The molecule has 1 aliphatic heterocycles. The van der Waals surface area contributed by atoms with Crippen LogP contribution in [-0.4, -0.2) is 0 Å². The van der Waals surface area contributed by atoms with Crippen molar-refractivity contribution in [2.75, 3.05) is 0 Å². The van der Waals surface area contributed by atoms with Crippen molar-refractivity contribution in [2.45, 2.75) is 32.6 Å². The van der Waals surface area contributed by atoms with Crippen LogP contribution in [0.15, 0.2) is 90.2 Å². The molecule has 0 saturated heterocycles. The van der Waals surface area contributed by atoms with E-state index in [9.17, 15) is 0 Å². The topological polar surface area (TPSA) is 9.23 Å². The Labute approximate surface area is 145 Å². The van der Waals surface area contributed by atoms with Crippen LogP contribution in [0.1, 0.15) is 37.3 Å². The molecule has 0 atom stereocenters. The molecule has 2 aromatic rings. The number of hydrogen-bond acceptors (Lipinski definition) is 1. The quantitative estimate of drug-likeness (QED) is 0.607. The van der Waals surface area contributed by atoms with Gasteiger partial charge >= 0.3 is 0 Å². The summed E-state index contributed by atoms with van der Waals surface area (Å²) in [4.78, 5) is 0. The van der Waals surface area contributed by atoms with E-state index in [-0.39, 0.29) is 0 Å². The Kier molecular flexibility index (Phi) is 5.68. The fraction of sp³-hybridized carbons (Fsp3) is 0.217. The van der Waals surface area contributed by atoms with Crippen molar-refractivity contribution in [3.05, 3.63) is 101 Å². The van der Waals surface area contributed by atoms with E-state index in [0.717, 1.165) is 42.8 Å². The molecule has 0 radical (unpaired) electrons. The lowest BCUT2D eigenvalue weighted by atomic mass is 10.1. The molecular weight excluding hydrogens is 292 g/mol. The first-order chi connectivity index (χ1) is 11.8. The standard InChI is InChI=1S/C23H24O/c1-2-9-20-15-17-23(21-12-7-4-8-13-21)24-22(18-20)16-14-19-10-5-3-6-11-19/h3-8,10-13,15,17-18H,2,9,14,16H2,1H3. The minimum atomic E-state index is 0.912. The second-order valence-corrected chi connectivity index (χ2v) is 6.09. The summed E-state index contributed by atoms with van der Waals surface area (Å²) in [5, 5.41) is 0. The van der Waals surface area contributed by atoms with Crippen LogP contribution in [0.4, 0.5) is 0 Å². The van der Waals surface area contributed by atoms with E-state index in [4.69, 9.17) is 4.74 Å². The van der Waals surface area contributed by atoms with Gasteiger partial charge in [0.1, 0.15) is 11.5 Å². The molecule has 0 aliphatic carbocycles. The van der Waals surface area contributed by atoms with Crippen molar-refractivity contribution in [3.63, 3.8) is 0 Å². The lowest BCUT2D eigenvalue weighted by Crippen LogP contribution is -1.96. The summed E-state index contributed by atoms with van der Waals surface area (Å²) >= 11 is 0. The molecule has 0 amide bonds. The molecule has 1 nitrogen and oxygen atoms in total. The van der Waals surface area contributed by atoms with Crippen molar-refractivity contribution in [3.8, 4) is 0 Å². The Morgan fingerprint density at radius 3 is 2.17 bits per heavy atom. The highest BCUT2D eigenvalue weighted by Crippen LogP contribution is 2.27. The Bertz CT molecular complexity index is 736. The molecule has 0 unspecified atom stereocenters. The predicted molar refractivity (Wildman–Crippen MR) is 101 cm³/mol. The van der Waals surface area contributed by atoms with E-state index in [1.807, 2.05) is 6.07 Å². The zero-order chi connectivity index (χ0) is 16.6. The molecule has 1 heterocycles. The average Bonchev–Trinajstić information content (AvgIpc) is 2.84. The Morgan fingerprint density at radius 1 is 0.750 bits per heavy atom. The number of rotatable bonds is 6. The van der Waals surface area contributed by atoms with Crippen LogP contribution in [0, 0.1) is 0 Å². The van der Waals surface area contributed by atoms with Crippen LogP contribution < -0.4 is 0 Å². The van der Waals surface area contributed by atoms with E-state index in [1.165, 1.54) is 11.1 Å². The first-order valence-electron chi connectivity index (χ1n) is 8.74. The summed E-state index contributed by atoms with van der Waals surface area (Å²) in [6.07, 6.45) is 10.6. The molecule has 0 bridgehead atoms.